The van der Waals surface area contributed by atoms with Crippen LogP contribution in [0.1, 0.15) is 21.5 Å². The maximum Gasteiger partial charge on any atom is 0.261 e. The van der Waals surface area contributed by atoms with Crippen molar-refractivity contribution in [1.82, 2.24) is 0 Å². The molecule has 1 atom stereocenters. The van der Waals surface area contributed by atoms with Gasteiger partial charge in [-0.15, -0.1) is 0 Å². The molecular weight excluding hydrogens is 284 g/mol. The predicted octanol–water partition coefficient (Wildman–Crippen LogP) is 3.97. The van der Waals surface area contributed by atoms with Crippen LogP contribution < -0.4 is 10.2 Å². The lowest BCUT2D eigenvalue weighted by Gasteiger charge is -2.34. The average molecular weight is 298 g/mol. The van der Waals surface area contributed by atoms with E-state index in [1.54, 1.807) is 0 Å². The summed E-state index contributed by atoms with van der Waals surface area (Å²) in [5.41, 5.74) is 4.09. The molecule has 5 rings (SSSR count). The van der Waals surface area contributed by atoms with Gasteiger partial charge >= 0.3 is 0 Å². The van der Waals surface area contributed by atoms with Crippen molar-refractivity contribution < 1.29 is 4.79 Å². The maximum absolute atomic E-state index is 13.1. The lowest BCUT2D eigenvalue weighted by Crippen LogP contribution is -2.46. The molecule has 3 nitrogen and oxygen atoms in total. The molecule has 0 fully saturated rings. The highest BCUT2D eigenvalue weighted by Gasteiger charge is 2.55. The van der Waals surface area contributed by atoms with Crippen LogP contribution in [0.15, 0.2) is 78.9 Å². The summed E-state index contributed by atoms with van der Waals surface area (Å²) in [5.74, 6) is 0.0434. The van der Waals surface area contributed by atoms with Crippen LogP contribution >= 0.6 is 0 Å². The van der Waals surface area contributed by atoms with E-state index in [1.807, 2.05) is 71.6 Å². The van der Waals surface area contributed by atoms with Crippen LogP contribution in [-0.2, 0) is 5.66 Å². The second kappa shape index (κ2) is 4.23. The van der Waals surface area contributed by atoms with Gasteiger partial charge in [0, 0.05) is 16.7 Å². The first-order valence-corrected chi connectivity index (χ1v) is 7.69. The third kappa shape index (κ3) is 1.41. The molecule has 3 aromatic rings. The van der Waals surface area contributed by atoms with Crippen LogP contribution in [0.5, 0.6) is 0 Å². The Morgan fingerprint density at radius 1 is 0.783 bits per heavy atom. The van der Waals surface area contributed by atoms with Gasteiger partial charge in [0.25, 0.3) is 5.91 Å². The maximum atomic E-state index is 13.1. The zero-order valence-electron chi connectivity index (χ0n) is 12.4. The van der Waals surface area contributed by atoms with E-state index in [0.29, 0.717) is 0 Å². The lowest BCUT2D eigenvalue weighted by molar-refractivity contribution is 0.0988. The van der Waals surface area contributed by atoms with E-state index in [4.69, 9.17) is 0 Å². The molecule has 1 amide bonds. The summed E-state index contributed by atoms with van der Waals surface area (Å²) in [7, 11) is 0. The van der Waals surface area contributed by atoms with Crippen LogP contribution in [0.2, 0.25) is 0 Å². The number of fused-ring (bicyclic) bond motifs is 5. The van der Waals surface area contributed by atoms with Crippen molar-refractivity contribution >= 4 is 17.3 Å². The van der Waals surface area contributed by atoms with Crippen LogP contribution in [0.4, 0.5) is 11.4 Å². The highest BCUT2D eigenvalue weighted by molar-refractivity contribution is 6.16. The number of nitrogens with one attached hydrogen (secondary N) is 1. The number of carbonyl (C=O) groups is 1. The zero-order chi connectivity index (χ0) is 15.4. The number of hydrogen-bond acceptors (Lipinski definition) is 2. The van der Waals surface area contributed by atoms with Gasteiger partial charge in [0.1, 0.15) is 0 Å². The summed E-state index contributed by atoms with van der Waals surface area (Å²) >= 11 is 0. The van der Waals surface area contributed by atoms with E-state index in [-0.39, 0.29) is 5.91 Å². The Bertz CT molecular complexity index is 935. The van der Waals surface area contributed by atoms with Gasteiger partial charge in [-0.05, 0) is 18.2 Å². The molecule has 2 heterocycles. The normalized spacial score (nSPS) is 20.7. The fraction of sp³-hybridized carbons (Fsp3) is 0.0500. The highest BCUT2D eigenvalue weighted by atomic mass is 16.2. The molecule has 0 spiro atoms. The molecule has 0 bridgehead atoms. The molecular formula is C20H14N2O. The standard InChI is InChI=1S/C20H14N2O/c23-19-15-10-4-5-11-16(15)20(14-8-2-1-3-9-14)21-17-12-6-7-13-18(17)22(19)20/h1-13,21H. The molecule has 0 aromatic heterocycles. The van der Waals surface area contributed by atoms with E-state index >= 15 is 0 Å². The zero-order valence-corrected chi connectivity index (χ0v) is 12.4. The highest BCUT2D eigenvalue weighted by Crippen LogP contribution is 2.53. The number of hydrogen-bond donors (Lipinski definition) is 1. The van der Waals surface area contributed by atoms with E-state index in [1.165, 1.54) is 0 Å². The van der Waals surface area contributed by atoms with Gasteiger partial charge in [-0.25, -0.2) is 0 Å². The quantitative estimate of drug-likeness (QED) is 0.737. The first-order valence-electron chi connectivity index (χ1n) is 7.69. The van der Waals surface area contributed by atoms with Gasteiger partial charge in [-0.1, -0.05) is 60.7 Å². The van der Waals surface area contributed by atoms with Gasteiger partial charge in [0.15, 0.2) is 5.66 Å². The van der Waals surface area contributed by atoms with Crippen LogP contribution in [0.3, 0.4) is 0 Å². The minimum atomic E-state index is -0.654. The predicted molar refractivity (Wildman–Crippen MR) is 90.5 cm³/mol. The Labute approximate surface area is 134 Å². The Morgan fingerprint density at radius 3 is 2.35 bits per heavy atom. The molecule has 0 radical (unpaired) electrons. The second-order valence-electron chi connectivity index (χ2n) is 5.90. The second-order valence-corrected chi connectivity index (χ2v) is 5.90. The SMILES string of the molecule is O=C1c2ccccc2C2(c3ccccc3)Nc3ccccc3N12. The summed E-state index contributed by atoms with van der Waals surface area (Å²) in [5, 5.41) is 3.62. The van der Waals surface area contributed by atoms with Gasteiger partial charge < -0.3 is 5.32 Å². The smallest absolute Gasteiger partial charge is 0.261 e. The molecule has 0 saturated carbocycles. The molecule has 110 valence electrons. The molecule has 2 aliphatic rings. The Kier molecular flexibility index (Phi) is 2.29. The monoisotopic (exact) mass is 298 g/mol. The van der Waals surface area contributed by atoms with E-state index in [2.05, 4.69) is 17.4 Å². The summed E-state index contributed by atoms with van der Waals surface area (Å²) in [6.45, 7) is 0. The molecule has 1 N–H and O–H groups in total. The third-order valence-electron chi connectivity index (χ3n) is 4.74. The van der Waals surface area contributed by atoms with Crippen molar-refractivity contribution in [3.8, 4) is 0 Å². The molecule has 2 aliphatic heterocycles. The summed E-state index contributed by atoms with van der Waals surface area (Å²) < 4.78 is 0. The van der Waals surface area contributed by atoms with Crippen molar-refractivity contribution in [2.24, 2.45) is 0 Å². The molecule has 1 unspecified atom stereocenters. The fourth-order valence-electron chi connectivity index (χ4n) is 3.80. The van der Waals surface area contributed by atoms with Gasteiger partial charge in [-0.2, -0.15) is 0 Å². The van der Waals surface area contributed by atoms with Crippen molar-refractivity contribution in [2.75, 3.05) is 10.2 Å². The first kappa shape index (κ1) is 12.5. The Hall–Kier alpha value is -3.07. The number of nitrogens with zero attached hydrogens (tertiary/aromatic N) is 1. The fourth-order valence-corrected chi connectivity index (χ4v) is 3.80. The largest absolute Gasteiger partial charge is 0.353 e. The van der Waals surface area contributed by atoms with Gasteiger partial charge in [0.05, 0.1) is 11.4 Å². The minimum Gasteiger partial charge on any atom is -0.353 e. The first-order chi connectivity index (χ1) is 11.3. The van der Waals surface area contributed by atoms with E-state index in [0.717, 1.165) is 28.1 Å². The number of amides is 1. The van der Waals surface area contributed by atoms with Crippen molar-refractivity contribution in [3.63, 3.8) is 0 Å². The number of carbonyl (C=O) groups excluding carboxylic acids is 1. The summed E-state index contributed by atoms with van der Waals surface area (Å²) in [4.78, 5) is 15.0. The molecule has 23 heavy (non-hydrogen) atoms. The van der Waals surface area contributed by atoms with Crippen LogP contribution in [0, 0.1) is 0 Å². The van der Waals surface area contributed by atoms with Crippen molar-refractivity contribution in [3.05, 3.63) is 95.6 Å². The van der Waals surface area contributed by atoms with Gasteiger partial charge in [-0.3, -0.25) is 9.69 Å². The van der Waals surface area contributed by atoms with Crippen LogP contribution in [0.25, 0.3) is 0 Å². The summed E-state index contributed by atoms with van der Waals surface area (Å²) in [6, 6.07) is 26.0. The molecule has 3 aromatic carbocycles. The molecule has 3 heteroatoms. The Balaban J connectivity index is 1.87. The average Bonchev–Trinajstić information content (AvgIpc) is 3.09. The van der Waals surface area contributed by atoms with Crippen molar-refractivity contribution in [1.29, 1.82) is 0 Å². The number of anilines is 2. The molecule has 0 aliphatic carbocycles. The Morgan fingerprint density at radius 2 is 1.48 bits per heavy atom. The van der Waals surface area contributed by atoms with Crippen molar-refractivity contribution in [2.45, 2.75) is 5.66 Å². The minimum absolute atomic E-state index is 0.0434. The van der Waals surface area contributed by atoms with E-state index in [9.17, 15) is 4.79 Å². The topological polar surface area (TPSA) is 32.3 Å². The third-order valence-corrected chi connectivity index (χ3v) is 4.74. The summed E-state index contributed by atoms with van der Waals surface area (Å²) in [6.07, 6.45) is 0. The number of benzene rings is 3. The van der Waals surface area contributed by atoms with Crippen LogP contribution in [-0.4, -0.2) is 5.91 Å². The molecule has 0 saturated heterocycles. The number of para-hydroxylation sites is 2. The van der Waals surface area contributed by atoms with Gasteiger partial charge in [0.2, 0.25) is 0 Å². The lowest BCUT2D eigenvalue weighted by atomic mass is 9.91. The number of rotatable bonds is 1. The van der Waals surface area contributed by atoms with E-state index < -0.39 is 5.66 Å².